The zero-order valence-corrected chi connectivity index (χ0v) is 15.3. The number of rotatable bonds is 5. The smallest absolute Gasteiger partial charge is 0.266 e. The zero-order chi connectivity index (χ0) is 18.0. The monoisotopic (exact) mass is 352 g/mol. The van der Waals surface area contributed by atoms with Gasteiger partial charge < -0.3 is 0 Å². The molecule has 1 aromatic heterocycles. The molecule has 25 heavy (non-hydrogen) atoms. The quantitative estimate of drug-likeness (QED) is 0.514. The summed E-state index contributed by atoms with van der Waals surface area (Å²) in [4.78, 5) is 29.4. The fraction of sp³-hybridized carbons (Fsp3) is 0.250. The van der Waals surface area contributed by atoms with E-state index in [1.165, 1.54) is 17.3 Å². The molecule has 0 aliphatic carbocycles. The standard InChI is InChI=1S/C20H20N2O2S/c1-4-15-9-11-16(12-10-15)22-19(24)17-7-5-6-8-18(17)21-20(22)25-14(3)13(2)23/h5-12,14H,4H2,1-3H3. The second-order valence-corrected chi connectivity index (χ2v) is 7.25. The number of aromatic nitrogens is 2. The fourth-order valence-corrected chi connectivity index (χ4v) is 3.47. The molecule has 3 rings (SSSR count). The van der Waals surface area contributed by atoms with Gasteiger partial charge in [-0.3, -0.25) is 14.2 Å². The lowest BCUT2D eigenvalue weighted by atomic mass is 10.1. The number of para-hydroxylation sites is 1. The number of aryl methyl sites for hydroxylation is 1. The van der Waals surface area contributed by atoms with Gasteiger partial charge in [0, 0.05) is 0 Å². The molecule has 0 amide bonds. The van der Waals surface area contributed by atoms with Gasteiger partial charge in [0.1, 0.15) is 5.78 Å². The summed E-state index contributed by atoms with van der Waals surface area (Å²) >= 11 is 1.31. The minimum atomic E-state index is -0.269. The summed E-state index contributed by atoms with van der Waals surface area (Å²) in [5.74, 6) is 0.0558. The van der Waals surface area contributed by atoms with Crippen molar-refractivity contribution in [2.24, 2.45) is 0 Å². The van der Waals surface area contributed by atoms with E-state index in [9.17, 15) is 9.59 Å². The van der Waals surface area contributed by atoms with Crippen LogP contribution in [0.1, 0.15) is 26.3 Å². The molecule has 1 heterocycles. The number of carbonyl (C=O) groups excluding carboxylic acids is 1. The van der Waals surface area contributed by atoms with Crippen molar-refractivity contribution in [2.45, 2.75) is 37.6 Å². The van der Waals surface area contributed by atoms with Gasteiger partial charge in [-0.25, -0.2) is 4.98 Å². The maximum atomic E-state index is 13.1. The van der Waals surface area contributed by atoms with Crippen molar-refractivity contribution >= 4 is 28.4 Å². The Hall–Kier alpha value is -2.40. The van der Waals surface area contributed by atoms with Gasteiger partial charge in [-0.1, -0.05) is 43.0 Å². The molecular formula is C20H20N2O2S. The van der Waals surface area contributed by atoms with Crippen molar-refractivity contribution in [1.82, 2.24) is 9.55 Å². The second kappa shape index (κ2) is 7.23. The van der Waals surface area contributed by atoms with Gasteiger partial charge in [-0.05, 0) is 50.1 Å². The summed E-state index contributed by atoms with van der Waals surface area (Å²) < 4.78 is 1.60. The van der Waals surface area contributed by atoms with E-state index in [-0.39, 0.29) is 16.6 Å². The molecule has 0 saturated carbocycles. The Balaban J connectivity index is 2.23. The highest BCUT2D eigenvalue weighted by Crippen LogP contribution is 2.25. The molecule has 2 aromatic carbocycles. The third-order valence-electron chi connectivity index (χ3n) is 4.20. The van der Waals surface area contributed by atoms with Crippen LogP contribution in [0.2, 0.25) is 0 Å². The molecule has 3 aromatic rings. The van der Waals surface area contributed by atoms with Crippen molar-refractivity contribution in [3.05, 3.63) is 64.4 Å². The molecule has 1 atom stereocenters. The first-order valence-electron chi connectivity index (χ1n) is 8.29. The molecule has 0 radical (unpaired) electrons. The van der Waals surface area contributed by atoms with Crippen LogP contribution < -0.4 is 5.56 Å². The normalized spacial score (nSPS) is 12.3. The van der Waals surface area contributed by atoms with Crippen molar-refractivity contribution in [3.8, 4) is 5.69 Å². The van der Waals surface area contributed by atoms with Crippen LogP contribution in [0, 0.1) is 0 Å². The van der Waals surface area contributed by atoms with Gasteiger partial charge in [0.05, 0.1) is 21.8 Å². The number of benzene rings is 2. The molecule has 5 heteroatoms. The minimum Gasteiger partial charge on any atom is -0.299 e. The SMILES string of the molecule is CCc1ccc(-n2c(SC(C)C(C)=O)nc3ccccc3c2=O)cc1. The van der Waals surface area contributed by atoms with Crippen molar-refractivity contribution < 1.29 is 4.79 Å². The molecule has 0 aliphatic heterocycles. The summed E-state index contributed by atoms with van der Waals surface area (Å²) in [6.07, 6.45) is 0.939. The lowest BCUT2D eigenvalue weighted by Gasteiger charge is -2.15. The number of ketones is 1. The molecular weight excluding hydrogens is 332 g/mol. The van der Waals surface area contributed by atoms with Crippen molar-refractivity contribution in [1.29, 1.82) is 0 Å². The lowest BCUT2D eigenvalue weighted by Crippen LogP contribution is -2.23. The Morgan fingerprint density at radius 2 is 1.84 bits per heavy atom. The van der Waals surface area contributed by atoms with Gasteiger partial charge in [-0.2, -0.15) is 0 Å². The summed E-state index contributed by atoms with van der Waals surface area (Å²) in [7, 11) is 0. The highest BCUT2D eigenvalue weighted by atomic mass is 32.2. The largest absolute Gasteiger partial charge is 0.299 e. The van der Waals surface area contributed by atoms with E-state index >= 15 is 0 Å². The molecule has 1 unspecified atom stereocenters. The fourth-order valence-electron chi connectivity index (χ4n) is 2.54. The Labute approximate surface area is 150 Å². The molecule has 0 saturated heterocycles. The van der Waals surface area contributed by atoms with Crippen LogP contribution in [0.5, 0.6) is 0 Å². The average molecular weight is 352 g/mol. The number of fused-ring (bicyclic) bond motifs is 1. The van der Waals surface area contributed by atoms with Crippen LogP contribution in [0.15, 0.2) is 58.5 Å². The van der Waals surface area contributed by atoms with Gasteiger partial charge >= 0.3 is 0 Å². The Bertz CT molecular complexity index is 977. The first-order chi connectivity index (χ1) is 12.0. The summed E-state index contributed by atoms with van der Waals surface area (Å²) in [6, 6.07) is 15.2. The lowest BCUT2D eigenvalue weighted by molar-refractivity contribution is -0.116. The molecule has 0 fully saturated rings. The van der Waals surface area contributed by atoms with E-state index < -0.39 is 0 Å². The molecule has 4 nitrogen and oxygen atoms in total. The first kappa shape index (κ1) is 17.4. The molecule has 0 aliphatic rings. The first-order valence-corrected chi connectivity index (χ1v) is 9.17. The number of carbonyl (C=O) groups is 1. The van der Waals surface area contributed by atoms with E-state index in [4.69, 9.17) is 0 Å². The Morgan fingerprint density at radius 1 is 1.16 bits per heavy atom. The summed E-state index contributed by atoms with van der Waals surface area (Å²) in [5.41, 5.74) is 2.50. The van der Waals surface area contributed by atoms with E-state index in [2.05, 4.69) is 11.9 Å². The van der Waals surface area contributed by atoms with Gasteiger partial charge in [0.25, 0.3) is 5.56 Å². The highest BCUT2D eigenvalue weighted by molar-refractivity contribution is 8.00. The average Bonchev–Trinajstić information content (AvgIpc) is 2.62. The molecule has 0 bridgehead atoms. The van der Waals surface area contributed by atoms with Crippen LogP contribution in [-0.2, 0) is 11.2 Å². The van der Waals surface area contributed by atoms with Crippen LogP contribution in [0.25, 0.3) is 16.6 Å². The minimum absolute atomic E-state index is 0.0558. The predicted molar refractivity (Wildman–Crippen MR) is 103 cm³/mol. The van der Waals surface area contributed by atoms with E-state index in [0.29, 0.717) is 16.1 Å². The Kier molecular flexibility index (Phi) is 5.04. The van der Waals surface area contributed by atoms with Crippen LogP contribution in [-0.4, -0.2) is 20.6 Å². The third-order valence-corrected chi connectivity index (χ3v) is 5.37. The van der Waals surface area contributed by atoms with E-state index in [1.54, 1.807) is 17.6 Å². The highest BCUT2D eigenvalue weighted by Gasteiger charge is 2.17. The summed E-state index contributed by atoms with van der Waals surface area (Å²) in [5, 5.41) is 0.840. The predicted octanol–water partition coefficient (Wildman–Crippen LogP) is 4.02. The second-order valence-electron chi connectivity index (χ2n) is 5.94. The number of hydrogen-bond donors (Lipinski definition) is 0. The van der Waals surface area contributed by atoms with Crippen molar-refractivity contribution in [2.75, 3.05) is 0 Å². The third kappa shape index (κ3) is 3.51. The number of hydrogen-bond acceptors (Lipinski definition) is 4. The van der Waals surface area contributed by atoms with Crippen LogP contribution in [0.3, 0.4) is 0 Å². The Morgan fingerprint density at radius 3 is 2.48 bits per heavy atom. The van der Waals surface area contributed by atoms with Gasteiger partial charge in [-0.15, -0.1) is 0 Å². The van der Waals surface area contributed by atoms with E-state index in [0.717, 1.165) is 12.1 Å². The number of nitrogens with zero attached hydrogens (tertiary/aromatic N) is 2. The molecule has 0 N–H and O–H groups in total. The van der Waals surface area contributed by atoms with E-state index in [1.807, 2.05) is 49.4 Å². The number of Topliss-reactive ketones (excluding diaryl/α,β-unsaturated/α-hetero) is 1. The van der Waals surface area contributed by atoms with Crippen molar-refractivity contribution in [3.63, 3.8) is 0 Å². The zero-order valence-electron chi connectivity index (χ0n) is 14.5. The molecule has 128 valence electrons. The van der Waals surface area contributed by atoms with Gasteiger partial charge in [0.15, 0.2) is 5.16 Å². The number of thioether (sulfide) groups is 1. The maximum Gasteiger partial charge on any atom is 0.266 e. The van der Waals surface area contributed by atoms with Crippen LogP contribution >= 0.6 is 11.8 Å². The summed E-state index contributed by atoms with van der Waals surface area (Å²) in [6.45, 7) is 5.48. The maximum absolute atomic E-state index is 13.1. The van der Waals surface area contributed by atoms with Gasteiger partial charge in [0.2, 0.25) is 0 Å². The van der Waals surface area contributed by atoms with Crippen LogP contribution in [0.4, 0.5) is 0 Å². The molecule has 0 spiro atoms. The topological polar surface area (TPSA) is 52.0 Å².